The van der Waals surface area contributed by atoms with Crippen LogP contribution in [0.3, 0.4) is 0 Å². The number of nitrogens with zero attached hydrogens (tertiary/aromatic N) is 3. The van der Waals surface area contributed by atoms with Crippen LogP contribution >= 0.6 is 0 Å². The van der Waals surface area contributed by atoms with Gasteiger partial charge in [-0.1, -0.05) is 29.9 Å². The van der Waals surface area contributed by atoms with Gasteiger partial charge >= 0.3 is 6.01 Å². The molecule has 5 heteroatoms. The zero-order chi connectivity index (χ0) is 13.7. The van der Waals surface area contributed by atoms with Gasteiger partial charge in [-0.05, 0) is 18.2 Å². The molecule has 0 aliphatic rings. The number of benzene rings is 1. The normalized spacial score (nSPS) is 9.74. The summed E-state index contributed by atoms with van der Waals surface area (Å²) in [6.45, 7) is 5.19. The average Bonchev–Trinajstić information content (AvgIpc) is 2.89. The fourth-order valence-electron chi connectivity index (χ4n) is 1.52. The van der Waals surface area contributed by atoms with Crippen LogP contribution in [-0.2, 0) is 4.79 Å². The number of anilines is 1. The zero-order valence-electron chi connectivity index (χ0n) is 10.5. The Kier molecular flexibility index (Phi) is 3.90. The molecule has 1 heterocycles. The summed E-state index contributed by atoms with van der Waals surface area (Å²) in [5, 5.41) is 7.82. The van der Waals surface area contributed by atoms with E-state index in [0.717, 1.165) is 5.56 Å². The number of amides is 1. The van der Waals surface area contributed by atoms with Gasteiger partial charge in [0.15, 0.2) is 0 Å². The first-order chi connectivity index (χ1) is 9.22. The van der Waals surface area contributed by atoms with Gasteiger partial charge in [0.25, 0.3) is 0 Å². The van der Waals surface area contributed by atoms with Crippen molar-refractivity contribution in [3.8, 4) is 11.5 Å². The monoisotopic (exact) mass is 255 g/mol. The second kappa shape index (κ2) is 5.80. The van der Waals surface area contributed by atoms with E-state index >= 15 is 0 Å². The smallest absolute Gasteiger partial charge is 0.325 e. The van der Waals surface area contributed by atoms with E-state index in [4.69, 9.17) is 4.42 Å². The highest BCUT2D eigenvalue weighted by Gasteiger charge is 2.17. The van der Waals surface area contributed by atoms with E-state index in [1.54, 1.807) is 6.08 Å². The van der Waals surface area contributed by atoms with Crippen LogP contribution in [-0.4, -0.2) is 22.6 Å². The van der Waals surface area contributed by atoms with Gasteiger partial charge in [0.1, 0.15) is 0 Å². The van der Waals surface area contributed by atoms with Gasteiger partial charge in [-0.3, -0.25) is 9.69 Å². The van der Waals surface area contributed by atoms with E-state index < -0.39 is 0 Å². The molecule has 0 spiro atoms. The zero-order valence-corrected chi connectivity index (χ0v) is 10.5. The van der Waals surface area contributed by atoms with Crippen LogP contribution < -0.4 is 4.90 Å². The Morgan fingerprint density at radius 1 is 1.42 bits per heavy atom. The van der Waals surface area contributed by atoms with Gasteiger partial charge in [-0.25, -0.2) is 0 Å². The SMILES string of the molecule is C=C=CCN(C(C)=O)c1nnc(-c2ccccc2)o1. The van der Waals surface area contributed by atoms with Crippen LogP contribution in [0.1, 0.15) is 6.92 Å². The average molecular weight is 255 g/mol. The molecule has 0 radical (unpaired) electrons. The van der Waals surface area contributed by atoms with Crippen LogP contribution in [0.5, 0.6) is 0 Å². The van der Waals surface area contributed by atoms with E-state index in [9.17, 15) is 4.79 Å². The molecule has 2 aromatic rings. The molecule has 96 valence electrons. The van der Waals surface area contributed by atoms with Gasteiger partial charge in [-0.2, -0.15) is 0 Å². The minimum Gasteiger partial charge on any atom is -0.403 e. The van der Waals surface area contributed by atoms with Crippen LogP contribution in [0.25, 0.3) is 11.5 Å². The van der Waals surface area contributed by atoms with E-state index in [1.165, 1.54) is 11.8 Å². The fourth-order valence-corrected chi connectivity index (χ4v) is 1.52. The number of rotatable bonds is 4. The maximum atomic E-state index is 11.5. The second-order valence-electron chi connectivity index (χ2n) is 3.79. The molecular formula is C14H13N3O2. The highest BCUT2D eigenvalue weighted by molar-refractivity contribution is 5.89. The van der Waals surface area contributed by atoms with Crippen molar-refractivity contribution in [2.24, 2.45) is 0 Å². The molecule has 0 saturated heterocycles. The molecule has 0 saturated carbocycles. The van der Waals surface area contributed by atoms with Crippen molar-refractivity contribution in [3.63, 3.8) is 0 Å². The molecule has 0 aliphatic carbocycles. The van der Waals surface area contributed by atoms with Gasteiger partial charge in [-0.15, -0.1) is 10.8 Å². The summed E-state index contributed by atoms with van der Waals surface area (Å²) in [6, 6.07) is 9.54. The molecule has 0 unspecified atom stereocenters. The summed E-state index contributed by atoms with van der Waals surface area (Å²) < 4.78 is 5.50. The molecular weight excluding hydrogens is 242 g/mol. The summed E-state index contributed by atoms with van der Waals surface area (Å²) in [6.07, 6.45) is 1.62. The number of carbonyl (C=O) groups excluding carboxylic acids is 1. The van der Waals surface area contributed by atoms with Crippen molar-refractivity contribution in [3.05, 3.63) is 48.7 Å². The standard InChI is InChI=1S/C14H13N3O2/c1-3-4-10-17(11(2)18)14-16-15-13(19-14)12-8-6-5-7-9-12/h4-9H,1,10H2,2H3. The summed E-state index contributed by atoms with van der Waals surface area (Å²) in [5.41, 5.74) is 3.41. The maximum absolute atomic E-state index is 11.5. The van der Waals surface area contributed by atoms with Crippen molar-refractivity contribution < 1.29 is 9.21 Å². The summed E-state index contributed by atoms with van der Waals surface area (Å²) in [7, 11) is 0. The summed E-state index contributed by atoms with van der Waals surface area (Å²) >= 11 is 0. The van der Waals surface area contributed by atoms with Crippen molar-refractivity contribution in [1.82, 2.24) is 10.2 Å². The largest absolute Gasteiger partial charge is 0.403 e. The van der Waals surface area contributed by atoms with Crippen molar-refractivity contribution >= 4 is 11.9 Å². The first-order valence-corrected chi connectivity index (χ1v) is 5.73. The molecule has 1 amide bonds. The lowest BCUT2D eigenvalue weighted by atomic mass is 10.2. The molecule has 5 nitrogen and oxygen atoms in total. The Labute approximate surface area is 110 Å². The first-order valence-electron chi connectivity index (χ1n) is 5.73. The fraction of sp³-hybridized carbons (Fsp3) is 0.143. The number of aromatic nitrogens is 2. The lowest BCUT2D eigenvalue weighted by molar-refractivity contribution is -0.116. The molecule has 19 heavy (non-hydrogen) atoms. The Morgan fingerprint density at radius 3 is 2.79 bits per heavy atom. The lowest BCUT2D eigenvalue weighted by Gasteiger charge is -2.12. The molecule has 0 bridgehead atoms. The van der Waals surface area contributed by atoms with Gasteiger partial charge in [0.2, 0.25) is 11.8 Å². The van der Waals surface area contributed by atoms with Gasteiger partial charge in [0.05, 0.1) is 6.54 Å². The van der Waals surface area contributed by atoms with Crippen LogP contribution in [0.15, 0.2) is 53.1 Å². The number of hydrogen-bond donors (Lipinski definition) is 0. The molecule has 0 atom stereocenters. The maximum Gasteiger partial charge on any atom is 0.325 e. The Balaban J connectivity index is 2.28. The Bertz CT molecular complexity index is 613. The summed E-state index contributed by atoms with van der Waals surface area (Å²) in [5.74, 6) is 0.194. The predicted molar refractivity (Wildman–Crippen MR) is 71.5 cm³/mol. The molecule has 0 aliphatic heterocycles. The van der Waals surface area contributed by atoms with Crippen LogP contribution in [0.4, 0.5) is 6.01 Å². The van der Waals surface area contributed by atoms with Crippen molar-refractivity contribution in [1.29, 1.82) is 0 Å². The van der Waals surface area contributed by atoms with E-state index in [-0.39, 0.29) is 11.9 Å². The predicted octanol–water partition coefficient (Wildman–Crippen LogP) is 2.43. The molecule has 1 aromatic carbocycles. The Hall–Kier alpha value is -2.65. The van der Waals surface area contributed by atoms with Crippen LogP contribution in [0, 0.1) is 0 Å². The van der Waals surface area contributed by atoms with E-state index in [0.29, 0.717) is 12.4 Å². The second-order valence-corrected chi connectivity index (χ2v) is 3.79. The lowest BCUT2D eigenvalue weighted by Crippen LogP contribution is -2.28. The number of carbonyl (C=O) groups is 1. The molecule has 0 fully saturated rings. The minimum atomic E-state index is -0.185. The minimum absolute atomic E-state index is 0.165. The number of hydrogen-bond acceptors (Lipinski definition) is 4. The van der Waals surface area contributed by atoms with Crippen LogP contribution in [0.2, 0.25) is 0 Å². The molecule has 2 rings (SSSR count). The first kappa shape index (κ1) is 12.8. The molecule has 1 aromatic heterocycles. The third-order valence-electron chi connectivity index (χ3n) is 2.46. The molecule has 0 N–H and O–H groups in total. The van der Waals surface area contributed by atoms with Gasteiger partial charge in [0, 0.05) is 12.5 Å². The van der Waals surface area contributed by atoms with Crippen molar-refractivity contribution in [2.45, 2.75) is 6.92 Å². The van der Waals surface area contributed by atoms with E-state index in [1.807, 2.05) is 30.3 Å². The highest BCUT2D eigenvalue weighted by Crippen LogP contribution is 2.21. The van der Waals surface area contributed by atoms with Gasteiger partial charge < -0.3 is 4.42 Å². The highest BCUT2D eigenvalue weighted by atomic mass is 16.4. The van der Waals surface area contributed by atoms with E-state index in [2.05, 4.69) is 22.5 Å². The third-order valence-corrected chi connectivity index (χ3v) is 2.46. The van der Waals surface area contributed by atoms with Crippen molar-refractivity contribution in [2.75, 3.05) is 11.4 Å². The quantitative estimate of drug-likeness (QED) is 0.787. The third kappa shape index (κ3) is 2.97. The summed E-state index contributed by atoms with van der Waals surface area (Å²) in [4.78, 5) is 12.9. The topological polar surface area (TPSA) is 59.2 Å². The Morgan fingerprint density at radius 2 is 2.16 bits per heavy atom.